The first-order valence-corrected chi connectivity index (χ1v) is 12.4. The number of amides is 1. The Morgan fingerprint density at radius 2 is 1.55 bits per heavy atom. The number of methoxy groups -OCH3 is 2. The highest BCUT2D eigenvalue weighted by Crippen LogP contribution is 2.49. The van der Waals surface area contributed by atoms with Crippen LogP contribution in [0.15, 0.2) is 29.2 Å². The minimum atomic E-state index is -0.182. The van der Waals surface area contributed by atoms with Gasteiger partial charge in [0.1, 0.15) is 15.8 Å². The number of fused-ring (bicyclic) bond motifs is 1. The molecule has 0 radical (unpaired) electrons. The van der Waals surface area contributed by atoms with Gasteiger partial charge in [-0.2, -0.15) is 0 Å². The summed E-state index contributed by atoms with van der Waals surface area (Å²) in [6.07, 6.45) is 4.16. The number of rotatable bonds is 4. The van der Waals surface area contributed by atoms with E-state index in [0.29, 0.717) is 15.0 Å². The van der Waals surface area contributed by atoms with E-state index in [2.05, 4.69) is 58.1 Å². The smallest absolute Gasteiger partial charge is 0.263 e. The lowest BCUT2D eigenvalue weighted by Gasteiger charge is -2.42. The van der Waals surface area contributed by atoms with E-state index >= 15 is 0 Å². The van der Waals surface area contributed by atoms with E-state index in [0.717, 1.165) is 28.9 Å². The summed E-state index contributed by atoms with van der Waals surface area (Å²) >= 11 is 6.41. The molecule has 2 aliphatic rings. The zero-order chi connectivity index (χ0) is 24.1. The number of hydrogen-bond donors (Lipinski definition) is 1. The van der Waals surface area contributed by atoms with Crippen LogP contribution in [0.25, 0.3) is 17.2 Å². The summed E-state index contributed by atoms with van der Waals surface area (Å²) < 4.78 is 11.9. The van der Waals surface area contributed by atoms with Gasteiger partial charge in [-0.25, -0.2) is 0 Å². The number of hydrogen-bond acceptors (Lipinski definition) is 5. The Kier molecular flexibility index (Phi) is 6.12. The third kappa shape index (κ3) is 4.31. The molecule has 6 heteroatoms. The van der Waals surface area contributed by atoms with Crippen LogP contribution in [-0.2, 0) is 15.6 Å². The van der Waals surface area contributed by atoms with Crippen LogP contribution < -0.4 is 14.8 Å². The molecule has 2 aromatic rings. The summed E-state index contributed by atoms with van der Waals surface area (Å²) in [4.78, 5) is 12.8. The minimum Gasteiger partial charge on any atom is -0.496 e. The first kappa shape index (κ1) is 23.8. The molecule has 1 saturated heterocycles. The number of carbonyl (C=O) groups excluding carboxylic acids is 1. The molecular weight excluding hydrogens is 450 g/mol. The van der Waals surface area contributed by atoms with Crippen LogP contribution in [0.2, 0.25) is 0 Å². The molecule has 1 fully saturated rings. The van der Waals surface area contributed by atoms with Crippen LogP contribution in [0.5, 0.6) is 11.5 Å². The predicted octanol–water partition coefficient (Wildman–Crippen LogP) is 6.52. The van der Waals surface area contributed by atoms with Crippen molar-refractivity contribution in [2.24, 2.45) is 0 Å². The Hall–Kier alpha value is -2.31. The van der Waals surface area contributed by atoms with E-state index in [9.17, 15) is 4.79 Å². The van der Waals surface area contributed by atoms with Crippen LogP contribution >= 0.6 is 24.0 Å². The summed E-state index contributed by atoms with van der Waals surface area (Å²) in [6.45, 7) is 11.5. The van der Waals surface area contributed by atoms with Crippen molar-refractivity contribution in [3.63, 3.8) is 0 Å². The molecule has 1 heterocycles. The van der Waals surface area contributed by atoms with E-state index in [1.165, 1.54) is 34.9 Å². The molecule has 1 amide bonds. The van der Waals surface area contributed by atoms with Gasteiger partial charge in [-0.05, 0) is 71.1 Å². The van der Waals surface area contributed by atoms with E-state index in [1.807, 2.05) is 12.1 Å². The molecule has 0 saturated carbocycles. The van der Waals surface area contributed by atoms with Gasteiger partial charge in [0.05, 0.1) is 19.1 Å². The van der Waals surface area contributed by atoms with Crippen molar-refractivity contribution in [2.75, 3.05) is 14.2 Å². The second-order valence-electron chi connectivity index (χ2n) is 10.1. The van der Waals surface area contributed by atoms with Crippen LogP contribution in [0.1, 0.15) is 62.8 Å². The average molecular weight is 482 g/mol. The van der Waals surface area contributed by atoms with Crippen molar-refractivity contribution in [1.82, 2.24) is 5.32 Å². The zero-order valence-electron chi connectivity index (χ0n) is 20.3. The highest BCUT2D eigenvalue weighted by molar-refractivity contribution is 8.26. The molecular formula is C27H31NO3S2. The lowest BCUT2D eigenvalue weighted by Crippen LogP contribution is -2.34. The van der Waals surface area contributed by atoms with Gasteiger partial charge in [-0.3, -0.25) is 4.79 Å². The van der Waals surface area contributed by atoms with Gasteiger partial charge < -0.3 is 14.8 Å². The number of aryl methyl sites for hydroxylation is 1. The minimum absolute atomic E-state index is 0.103. The maximum absolute atomic E-state index is 12.3. The predicted molar refractivity (Wildman–Crippen MR) is 141 cm³/mol. The third-order valence-corrected chi connectivity index (χ3v) is 8.13. The van der Waals surface area contributed by atoms with Crippen LogP contribution in [0.3, 0.4) is 0 Å². The number of thiocarbonyl (C=S) groups is 1. The zero-order valence-corrected chi connectivity index (χ0v) is 22.0. The Morgan fingerprint density at radius 1 is 0.939 bits per heavy atom. The van der Waals surface area contributed by atoms with Gasteiger partial charge >= 0.3 is 0 Å². The molecule has 33 heavy (non-hydrogen) atoms. The first-order valence-electron chi connectivity index (χ1n) is 11.1. The van der Waals surface area contributed by atoms with Gasteiger partial charge in [0, 0.05) is 17.2 Å². The fraction of sp³-hybridized carbons (Fsp3) is 0.407. The van der Waals surface area contributed by atoms with Gasteiger partial charge in [0.25, 0.3) is 5.91 Å². The number of thioether (sulfide) groups is 1. The van der Waals surface area contributed by atoms with Crippen LogP contribution in [0, 0.1) is 6.92 Å². The lowest BCUT2D eigenvalue weighted by molar-refractivity contribution is -0.115. The molecule has 0 spiro atoms. The van der Waals surface area contributed by atoms with Crippen molar-refractivity contribution in [3.8, 4) is 22.6 Å². The molecule has 4 nitrogen and oxygen atoms in total. The van der Waals surface area contributed by atoms with Crippen molar-refractivity contribution in [2.45, 2.75) is 58.3 Å². The average Bonchev–Trinajstić information content (AvgIpc) is 3.07. The molecule has 0 atom stereocenters. The fourth-order valence-corrected chi connectivity index (χ4v) is 5.86. The van der Waals surface area contributed by atoms with Crippen LogP contribution in [0.4, 0.5) is 0 Å². The largest absolute Gasteiger partial charge is 0.496 e. The topological polar surface area (TPSA) is 47.6 Å². The molecule has 0 bridgehead atoms. The number of nitrogens with one attached hydrogen (secondary N) is 1. The highest BCUT2D eigenvalue weighted by Gasteiger charge is 2.37. The molecule has 0 unspecified atom stereocenters. The van der Waals surface area contributed by atoms with Crippen LogP contribution in [-0.4, -0.2) is 24.4 Å². The lowest BCUT2D eigenvalue weighted by atomic mass is 9.62. The standard InChI is InChI=1S/C27H31NO3S2/c1-15-10-19-20(27(4,5)9-8-26(19,2)3)13-17(15)18-11-16(21(30-6)14-22(18)31-7)12-23-24(29)28-25(32)33-23/h10-14H,8-9H2,1-7H3,(H,28,29,32)/b23-12+. The number of benzene rings is 2. The quantitative estimate of drug-likeness (QED) is 0.398. The molecule has 1 aliphatic carbocycles. The number of carbonyl (C=O) groups is 1. The van der Waals surface area contributed by atoms with E-state index < -0.39 is 0 Å². The van der Waals surface area contributed by atoms with E-state index in [-0.39, 0.29) is 16.7 Å². The van der Waals surface area contributed by atoms with E-state index in [4.69, 9.17) is 21.7 Å². The Balaban J connectivity index is 1.93. The Labute approximate surface area is 206 Å². The summed E-state index contributed by atoms with van der Waals surface area (Å²) in [5.41, 5.74) is 7.22. The van der Waals surface area contributed by atoms with Gasteiger partial charge in [0.2, 0.25) is 0 Å². The molecule has 0 aromatic heterocycles. The second kappa shape index (κ2) is 8.48. The molecule has 174 valence electrons. The van der Waals surface area contributed by atoms with Gasteiger partial charge in [-0.15, -0.1) is 0 Å². The monoisotopic (exact) mass is 481 g/mol. The van der Waals surface area contributed by atoms with Crippen molar-refractivity contribution < 1.29 is 14.3 Å². The van der Waals surface area contributed by atoms with Crippen molar-refractivity contribution in [1.29, 1.82) is 0 Å². The normalized spacial score (nSPS) is 19.9. The first-order chi connectivity index (χ1) is 15.5. The van der Waals surface area contributed by atoms with Gasteiger partial charge in [-0.1, -0.05) is 57.7 Å². The van der Waals surface area contributed by atoms with Crippen molar-refractivity contribution >= 4 is 40.3 Å². The van der Waals surface area contributed by atoms with E-state index in [1.54, 1.807) is 14.2 Å². The summed E-state index contributed by atoms with van der Waals surface area (Å²) in [7, 11) is 3.30. The summed E-state index contributed by atoms with van der Waals surface area (Å²) in [5.74, 6) is 1.20. The van der Waals surface area contributed by atoms with Crippen molar-refractivity contribution in [3.05, 3.63) is 51.4 Å². The molecule has 1 aliphatic heterocycles. The maximum atomic E-state index is 12.3. The Bertz CT molecular complexity index is 1190. The SMILES string of the molecule is COc1cc(OC)c(-c2cc3c(cc2C)C(C)(C)CCC3(C)C)cc1/C=C1/SC(=S)NC1=O. The second-order valence-corrected chi connectivity index (χ2v) is 11.8. The highest BCUT2D eigenvalue weighted by atomic mass is 32.2. The fourth-order valence-electron chi connectivity index (χ4n) is 4.82. The molecule has 4 rings (SSSR count). The number of ether oxygens (including phenoxy) is 2. The van der Waals surface area contributed by atoms with Gasteiger partial charge in [0.15, 0.2) is 0 Å². The summed E-state index contributed by atoms with van der Waals surface area (Å²) in [5, 5.41) is 2.68. The maximum Gasteiger partial charge on any atom is 0.263 e. The third-order valence-electron chi connectivity index (χ3n) is 6.97. The summed E-state index contributed by atoms with van der Waals surface area (Å²) in [6, 6.07) is 8.65. The molecule has 1 N–H and O–H groups in total. The Morgan fingerprint density at radius 3 is 2.09 bits per heavy atom. The molecule has 2 aromatic carbocycles.